The summed E-state index contributed by atoms with van der Waals surface area (Å²) in [6.45, 7) is 2.46. The van der Waals surface area contributed by atoms with E-state index >= 15 is 0 Å². The van der Waals surface area contributed by atoms with Crippen LogP contribution < -0.4 is 5.32 Å². The number of carbonyl (C=O) groups is 1. The first-order valence-electron chi connectivity index (χ1n) is 5.18. The zero-order valence-electron chi connectivity index (χ0n) is 10.1. The van der Waals surface area contributed by atoms with Crippen molar-refractivity contribution < 1.29 is 22.9 Å². The Morgan fingerprint density at radius 3 is 2.47 bits per heavy atom. The molecule has 106 valence electrons. The fourth-order valence-corrected chi connectivity index (χ4v) is 1.54. The highest BCUT2D eigenvalue weighted by Crippen LogP contribution is 2.21. The van der Waals surface area contributed by atoms with E-state index in [-0.39, 0.29) is 30.2 Å². The monoisotopic (exact) mass is 280 g/mol. The molecule has 0 atom stereocenters. The number of nitrogens with one attached hydrogen (secondary N) is 1. The Labute approximate surface area is 105 Å². The van der Waals surface area contributed by atoms with Crippen molar-refractivity contribution in [2.24, 2.45) is 0 Å². The SMILES string of the molecule is Cc1nn(CCNC(=O)C(F)(F)F)c(C)c1[N+](=O)[O-]. The molecule has 0 saturated heterocycles. The van der Waals surface area contributed by atoms with Crippen LogP contribution >= 0.6 is 0 Å². The van der Waals surface area contributed by atoms with Gasteiger partial charge in [-0.1, -0.05) is 0 Å². The first-order valence-corrected chi connectivity index (χ1v) is 5.18. The Hall–Kier alpha value is -2.13. The highest BCUT2D eigenvalue weighted by atomic mass is 19.4. The molecule has 1 N–H and O–H groups in total. The van der Waals surface area contributed by atoms with E-state index in [9.17, 15) is 28.1 Å². The van der Waals surface area contributed by atoms with Crippen LogP contribution in [-0.2, 0) is 11.3 Å². The first kappa shape index (κ1) is 14.9. The van der Waals surface area contributed by atoms with Gasteiger partial charge < -0.3 is 5.32 Å². The summed E-state index contributed by atoms with van der Waals surface area (Å²) >= 11 is 0. The van der Waals surface area contributed by atoms with Crippen molar-refractivity contribution in [3.8, 4) is 0 Å². The van der Waals surface area contributed by atoms with Gasteiger partial charge in [-0.2, -0.15) is 18.3 Å². The minimum Gasteiger partial charge on any atom is -0.346 e. The maximum atomic E-state index is 11.9. The molecule has 1 rings (SSSR count). The summed E-state index contributed by atoms with van der Waals surface area (Å²) in [6.07, 6.45) is -4.94. The van der Waals surface area contributed by atoms with E-state index in [0.717, 1.165) is 0 Å². The lowest BCUT2D eigenvalue weighted by molar-refractivity contribution is -0.386. The number of nitrogens with zero attached hydrogens (tertiary/aromatic N) is 3. The quantitative estimate of drug-likeness (QED) is 0.660. The summed E-state index contributed by atoms with van der Waals surface area (Å²) < 4.78 is 36.9. The number of rotatable bonds is 4. The van der Waals surface area contributed by atoms with Crippen LogP contribution in [0.2, 0.25) is 0 Å². The van der Waals surface area contributed by atoms with Crippen LogP contribution in [0.1, 0.15) is 11.4 Å². The van der Waals surface area contributed by atoms with Crippen molar-refractivity contribution in [2.75, 3.05) is 6.54 Å². The predicted molar refractivity (Wildman–Crippen MR) is 57.4 cm³/mol. The molecular formula is C9H11F3N4O3. The Morgan fingerprint density at radius 1 is 1.47 bits per heavy atom. The third-order valence-corrected chi connectivity index (χ3v) is 2.39. The highest BCUT2D eigenvalue weighted by Gasteiger charge is 2.38. The molecule has 1 heterocycles. The third kappa shape index (κ3) is 3.42. The lowest BCUT2D eigenvalue weighted by atomic mass is 10.3. The van der Waals surface area contributed by atoms with Crippen LogP contribution in [0, 0.1) is 24.0 Å². The molecule has 0 bridgehead atoms. The standard InChI is InChI=1S/C9H11F3N4O3/c1-5-7(16(18)19)6(2)15(14-5)4-3-13-8(17)9(10,11)12/h3-4H2,1-2H3,(H,13,17). The zero-order valence-corrected chi connectivity index (χ0v) is 10.1. The summed E-state index contributed by atoms with van der Waals surface area (Å²) in [5.74, 6) is -2.05. The molecule has 0 aliphatic rings. The number of nitro groups is 1. The van der Waals surface area contributed by atoms with Gasteiger partial charge in [-0.3, -0.25) is 19.6 Å². The van der Waals surface area contributed by atoms with Crippen LogP contribution in [-0.4, -0.2) is 33.3 Å². The molecule has 1 aromatic rings. The van der Waals surface area contributed by atoms with E-state index in [1.165, 1.54) is 18.5 Å². The van der Waals surface area contributed by atoms with Crippen molar-refractivity contribution in [3.05, 3.63) is 21.5 Å². The van der Waals surface area contributed by atoms with Crippen LogP contribution in [0.25, 0.3) is 0 Å². The van der Waals surface area contributed by atoms with Gasteiger partial charge in [0.25, 0.3) is 0 Å². The fraction of sp³-hybridized carbons (Fsp3) is 0.556. The number of alkyl halides is 3. The molecule has 1 amide bonds. The Bertz CT molecular complexity index is 510. The average Bonchev–Trinajstić information content (AvgIpc) is 2.52. The molecule has 0 aliphatic carbocycles. The first-order chi connectivity index (χ1) is 8.64. The topological polar surface area (TPSA) is 90.1 Å². The molecule has 0 radical (unpaired) electrons. The number of aryl methyl sites for hydroxylation is 1. The van der Waals surface area contributed by atoms with E-state index in [4.69, 9.17) is 0 Å². The smallest absolute Gasteiger partial charge is 0.346 e. The molecule has 10 heteroatoms. The maximum Gasteiger partial charge on any atom is 0.471 e. The molecule has 7 nitrogen and oxygen atoms in total. The summed E-state index contributed by atoms with van der Waals surface area (Å²) in [6, 6.07) is 0. The van der Waals surface area contributed by atoms with Crippen molar-refractivity contribution >= 4 is 11.6 Å². The summed E-state index contributed by atoms with van der Waals surface area (Å²) in [5, 5.41) is 16.2. The summed E-state index contributed by atoms with van der Waals surface area (Å²) in [7, 11) is 0. The van der Waals surface area contributed by atoms with E-state index in [0.29, 0.717) is 0 Å². The van der Waals surface area contributed by atoms with Gasteiger partial charge >= 0.3 is 17.8 Å². The lowest BCUT2D eigenvalue weighted by Gasteiger charge is -2.08. The Balaban J connectivity index is 2.68. The van der Waals surface area contributed by atoms with Crippen molar-refractivity contribution in [3.63, 3.8) is 0 Å². The van der Waals surface area contributed by atoms with Crippen molar-refractivity contribution in [1.29, 1.82) is 0 Å². The minimum absolute atomic E-state index is 0.0810. The van der Waals surface area contributed by atoms with E-state index in [1.54, 1.807) is 5.32 Å². The van der Waals surface area contributed by atoms with Gasteiger partial charge in [-0.05, 0) is 13.8 Å². The normalized spacial score (nSPS) is 11.4. The summed E-state index contributed by atoms with van der Waals surface area (Å²) in [5.41, 5.74) is 0.218. The number of aromatic nitrogens is 2. The molecular weight excluding hydrogens is 269 g/mol. The Kier molecular flexibility index (Phi) is 4.12. The minimum atomic E-state index is -4.94. The van der Waals surface area contributed by atoms with E-state index in [1.807, 2.05) is 0 Å². The number of halogens is 3. The predicted octanol–water partition coefficient (Wildman–Crippen LogP) is 1.09. The van der Waals surface area contributed by atoms with Crippen molar-refractivity contribution in [2.45, 2.75) is 26.6 Å². The third-order valence-electron chi connectivity index (χ3n) is 2.39. The second kappa shape index (κ2) is 5.24. The number of carbonyl (C=O) groups excluding carboxylic acids is 1. The average molecular weight is 280 g/mol. The van der Waals surface area contributed by atoms with Gasteiger partial charge in [0.1, 0.15) is 11.4 Å². The van der Waals surface area contributed by atoms with Gasteiger partial charge in [0.2, 0.25) is 0 Å². The molecule has 19 heavy (non-hydrogen) atoms. The molecule has 0 unspecified atom stereocenters. The largest absolute Gasteiger partial charge is 0.471 e. The number of hydrogen-bond donors (Lipinski definition) is 1. The number of hydrogen-bond acceptors (Lipinski definition) is 4. The fourth-order valence-electron chi connectivity index (χ4n) is 1.54. The van der Waals surface area contributed by atoms with Crippen molar-refractivity contribution in [1.82, 2.24) is 15.1 Å². The van der Waals surface area contributed by atoms with Gasteiger partial charge in [0.15, 0.2) is 0 Å². The summed E-state index contributed by atoms with van der Waals surface area (Å²) in [4.78, 5) is 20.6. The molecule has 0 spiro atoms. The van der Waals surface area contributed by atoms with Crippen LogP contribution in [0.3, 0.4) is 0 Å². The van der Waals surface area contributed by atoms with Gasteiger partial charge in [-0.15, -0.1) is 0 Å². The Morgan fingerprint density at radius 2 is 2.05 bits per heavy atom. The van der Waals surface area contributed by atoms with Crippen LogP contribution in [0.15, 0.2) is 0 Å². The lowest BCUT2D eigenvalue weighted by Crippen LogP contribution is -2.38. The second-order valence-corrected chi connectivity index (χ2v) is 3.75. The maximum absolute atomic E-state index is 11.9. The van der Waals surface area contributed by atoms with Crippen LogP contribution in [0.4, 0.5) is 18.9 Å². The molecule has 0 aromatic carbocycles. The van der Waals surface area contributed by atoms with Gasteiger partial charge in [-0.25, -0.2) is 0 Å². The van der Waals surface area contributed by atoms with E-state index in [2.05, 4.69) is 5.10 Å². The molecule has 1 aromatic heterocycles. The van der Waals surface area contributed by atoms with E-state index < -0.39 is 17.0 Å². The second-order valence-electron chi connectivity index (χ2n) is 3.75. The molecule has 0 aliphatic heterocycles. The molecule has 0 fully saturated rings. The zero-order chi connectivity index (χ0) is 14.8. The number of amides is 1. The van der Waals surface area contributed by atoms with Crippen LogP contribution in [0.5, 0.6) is 0 Å². The van der Waals surface area contributed by atoms with Gasteiger partial charge in [0.05, 0.1) is 11.5 Å². The highest BCUT2D eigenvalue weighted by molar-refractivity contribution is 5.81. The van der Waals surface area contributed by atoms with Gasteiger partial charge in [0, 0.05) is 6.54 Å². The molecule has 0 saturated carbocycles.